The number of anilines is 1. The predicted octanol–water partition coefficient (Wildman–Crippen LogP) is 2.76. The molecule has 2 aromatic rings. The molecule has 40 heavy (non-hydrogen) atoms. The first-order chi connectivity index (χ1) is 19.2. The number of nitrogens with zero attached hydrogens (tertiary/aromatic N) is 1. The lowest BCUT2D eigenvalue weighted by Crippen LogP contribution is -2.51. The Morgan fingerprint density at radius 3 is 2.75 bits per heavy atom. The van der Waals surface area contributed by atoms with Crippen LogP contribution in [0.5, 0.6) is 0 Å². The summed E-state index contributed by atoms with van der Waals surface area (Å²) in [5, 5.41) is 17.5. The molecular weight excluding hydrogens is 534 g/mol. The monoisotopic (exact) mass is 573 g/mol. The van der Waals surface area contributed by atoms with Gasteiger partial charge in [0.25, 0.3) is 0 Å². The summed E-state index contributed by atoms with van der Waals surface area (Å²) in [6.07, 6.45) is -0.851. The van der Waals surface area contributed by atoms with Crippen molar-refractivity contribution in [1.29, 1.82) is 0 Å². The van der Waals surface area contributed by atoms with Crippen molar-refractivity contribution >= 4 is 21.8 Å². The Morgan fingerprint density at radius 2 is 1.98 bits per heavy atom. The second-order valence-corrected chi connectivity index (χ2v) is 13.1. The van der Waals surface area contributed by atoms with Gasteiger partial charge in [0.15, 0.2) is 6.29 Å². The van der Waals surface area contributed by atoms with Crippen LogP contribution in [0.3, 0.4) is 0 Å². The lowest BCUT2D eigenvalue weighted by molar-refractivity contribution is -0.0907. The van der Waals surface area contributed by atoms with E-state index in [1.54, 1.807) is 18.2 Å². The molecule has 2 fully saturated rings. The summed E-state index contributed by atoms with van der Waals surface area (Å²) < 4.78 is 45.7. The number of sulfonamides is 1. The maximum atomic E-state index is 13.8. The fourth-order valence-electron chi connectivity index (χ4n) is 5.63. The lowest BCUT2D eigenvalue weighted by atomic mass is 10.0. The number of hydrogen-bond acceptors (Lipinski definition) is 8. The van der Waals surface area contributed by atoms with Gasteiger partial charge in [0.05, 0.1) is 36.2 Å². The van der Waals surface area contributed by atoms with E-state index in [4.69, 9.17) is 14.2 Å². The molecule has 218 valence electrons. The molecule has 5 rings (SSSR count). The number of carbonyl (C=O) groups is 1. The van der Waals surface area contributed by atoms with Crippen LogP contribution in [0, 0.1) is 11.8 Å². The highest BCUT2D eigenvalue weighted by Crippen LogP contribution is 2.33. The standard InChI is InChI=1S/C29H39N3O7S/c1-19(2)16-32(40(35,36)22-8-9-24-21(15-22)10-12-30-24)17-26(33)25(14-20-6-4-3-5-7-20)31-29(34)39-27-18-38-28-23(27)11-13-37-28/h3-9,15,19,23,25-28,30,33H,10-14,16-18H2,1-2H3,(H,31,34)/t23-,25-,26+,27-,28+/m0/s1. The molecule has 3 aliphatic rings. The Hall–Kier alpha value is -2.70. The highest BCUT2D eigenvalue weighted by molar-refractivity contribution is 7.89. The molecule has 11 heteroatoms. The van der Waals surface area contributed by atoms with Gasteiger partial charge in [-0.1, -0.05) is 44.2 Å². The van der Waals surface area contributed by atoms with Crippen LogP contribution >= 0.6 is 0 Å². The first kappa shape index (κ1) is 28.8. The number of aliphatic hydroxyl groups excluding tert-OH is 1. The second kappa shape index (κ2) is 12.4. The number of rotatable bonds is 11. The number of nitrogens with one attached hydrogen (secondary N) is 2. The molecule has 0 radical (unpaired) electrons. The summed E-state index contributed by atoms with van der Waals surface area (Å²) >= 11 is 0. The predicted molar refractivity (Wildman–Crippen MR) is 149 cm³/mol. The minimum absolute atomic E-state index is 0.0163. The third-order valence-electron chi connectivity index (χ3n) is 7.69. The second-order valence-electron chi connectivity index (χ2n) is 11.2. The van der Waals surface area contributed by atoms with Crippen LogP contribution in [-0.2, 0) is 37.1 Å². The Balaban J connectivity index is 1.33. The number of carbonyl (C=O) groups excluding carboxylic acids is 1. The van der Waals surface area contributed by atoms with Crippen molar-refractivity contribution in [3.8, 4) is 0 Å². The molecule has 5 atom stereocenters. The van der Waals surface area contributed by atoms with Crippen molar-refractivity contribution < 1.29 is 32.5 Å². The lowest BCUT2D eigenvalue weighted by Gasteiger charge is -2.31. The molecule has 2 saturated heterocycles. The SMILES string of the molecule is CC(C)CN(C[C@@H](O)[C@H](Cc1ccccc1)NC(=O)O[C@H]1CO[C@H]2OCC[C@H]21)S(=O)(=O)c1ccc2c(c1)CCN2. The normalized spacial score (nSPS) is 23.5. The molecule has 0 aliphatic carbocycles. The van der Waals surface area contributed by atoms with Crippen LogP contribution < -0.4 is 10.6 Å². The van der Waals surface area contributed by atoms with Gasteiger partial charge in [0.2, 0.25) is 10.0 Å². The molecule has 3 heterocycles. The first-order valence-electron chi connectivity index (χ1n) is 14.0. The number of benzene rings is 2. The molecule has 3 aliphatic heterocycles. The zero-order valence-electron chi connectivity index (χ0n) is 23.0. The third-order valence-corrected chi connectivity index (χ3v) is 9.52. The summed E-state index contributed by atoms with van der Waals surface area (Å²) in [6, 6.07) is 13.8. The average molecular weight is 574 g/mol. The van der Waals surface area contributed by atoms with E-state index in [1.165, 1.54) is 4.31 Å². The van der Waals surface area contributed by atoms with Crippen LogP contribution in [0.4, 0.5) is 10.5 Å². The summed E-state index contributed by atoms with van der Waals surface area (Å²) in [6.45, 7) is 5.50. The van der Waals surface area contributed by atoms with E-state index in [0.29, 0.717) is 13.0 Å². The number of amides is 1. The van der Waals surface area contributed by atoms with Crippen molar-refractivity contribution in [2.45, 2.75) is 62.5 Å². The van der Waals surface area contributed by atoms with Crippen molar-refractivity contribution in [2.75, 3.05) is 38.2 Å². The number of alkyl carbamates (subject to hydrolysis) is 1. The summed E-state index contributed by atoms with van der Waals surface area (Å²) in [5.41, 5.74) is 2.80. The van der Waals surface area contributed by atoms with Gasteiger partial charge in [0, 0.05) is 25.3 Å². The number of hydrogen-bond donors (Lipinski definition) is 3. The largest absolute Gasteiger partial charge is 0.443 e. The zero-order valence-corrected chi connectivity index (χ0v) is 23.8. The molecule has 10 nitrogen and oxygen atoms in total. The topological polar surface area (TPSA) is 126 Å². The van der Waals surface area contributed by atoms with Crippen molar-refractivity contribution in [3.05, 3.63) is 59.7 Å². The van der Waals surface area contributed by atoms with Crippen LogP contribution in [-0.4, -0.2) is 81.3 Å². The first-order valence-corrected chi connectivity index (χ1v) is 15.4. The van der Waals surface area contributed by atoms with Gasteiger partial charge in [-0.05, 0) is 54.5 Å². The molecular formula is C29H39N3O7S. The van der Waals surface area contributed by atoms with Gasteiger partial charge in [-0.3, -0.25) is 0 Å². The highest BCUT2D eigenvalue weighted by atomic mass is 32.2. The average Bonchev–Trinajstić information content (AvgIpc) is 3.66. The fourth-order valence-corrected chi connectivity index (χ4v) is 7.30. The summed E-state index contributed by atoms with van der Waals surface area (Å²) in [4.78, 5) is 13.2. The molecule has 2 aromatic carbocycles. The van der Waals surface area contributed by atoms with Crippen molar-refractivity contribution in [3.63, 3.8) is 0 Å². The number of fused-ring (bicyclic) bond motifs is 2. The van der Waals surface area contributed by atoms with Gasteiger partial charge in [-0.2, -0.15) is 4.31 Å². The Bertz CT molecular complexity index is 1270. The molecule has 0 spiro atoms. The van der Waals surface area contributed by atoms with E-state index in [1.807, 2.05) is 44.2 Å². The molecule has 1 amide bonds. The fraction of sp³-hybridized carbons (Fsp3) is 0.552. The molecule has 0 saturated carbocycles. The zero-order chi connectivity index (χ0) is 28.3. The van der Waals surface area contributed by atoms with E-state index in [9.17, 15) is 18.3 Å². The van der Waals surface area contributed by atoms with E-state index >= 15 is 0 Å². The Morgan fingerprint density at radius 1 is 1.18 bits per heavy atom. The Kier molecular flexibility index (Phi) is 8.96. The van der Waals surface area contributed by atoms with Crippen molar-refractivity contribution in [2.24, 2.45) is 11.8 Å². The van der Waals surface area contributed by atoms with Gasteiger partial charge < -0.3 is 30.0 Å². The van der Waals surface area contributed by atoms with Crippen LogP contribution in [0.15, 0.2) is 53.4 Å². The maximum absolute atomic E-state index is 13.8. The molecule has 0 bridgehead atoms. The summed E-state index contributed by atoms with van der Waals surface area (Å²) in [7, 11) is -3.90. The third kappa shape index (κ3) is 6.60. The maximum Gasteiger partial charge on any atom is 0.407 e. The quantitative estimate of drug-likeness (QED) is 0.375. The molecule has 3 N–H and O–H groups in total. The number of aliphatic hydroxyl groups is 1. The van der Waals surface area contributed by atoms with E-state index in [0.717, 1.165) is 36.2 Å². The van der Waals surface area contributed by atoms with E-state index < -0.39 is 34.4 Å². The van der Waals surface area contributed by atoms with Gasteiger partial charge >= 0.3 is 6.09 Å². The van der Waals surface area contributed by atoms with Gasteiger partial charge in [-0.15, -0.1) is 0 Å². The van der Waals surface area contributed by atoms with Crippen LogP contribution in [0.25, 0.3) is 0 Å². The minimum atomic E-state index is -3.90. The minimum Gasteiger partial charge on any atom is -0.443 e. The molecule has 0 unspecified atom stereocenters. The smallest absolute Gasteiger partial charge is 0.407 e. The molecule has 0 aromatic heterocycles. The van der Waals surface area contributed by atoms with Crippen LogP contribution in [0.1, 0.15) is 31.4 Å². The van der Waals surface area contributed by atoms with Crippen LogP contribution in [0.2, 0.25) is 0 Å². The van der Waals surface area contributed by atoms with E-state index in [2.05, 4.69) is 10.6 Å². The highest BCUT2D eigenvalue weighted by Gasteiger charge is 2.44. The summed E-state index contributed by atoms with van der Waals surface area (Å²) in [5.74, 6) is 0.00459. The van der Waals surface area contributed by atoms with Gasteiger partial charge in [0.1, 0.15) is 6.10 Å². The van der Waals surface area contributed by atoms with E-state index in [-0.39, 0.29) is 42.7 Å². The Labute approximate surface area is 236 Å². The van der Waals surface area contributed by atoms with Crippen molar-refractivity contribution in [1.82, 2.24) is 9.62 Å². The van der Waals surface area contributed by atoms with Gasteiger partial charge in [-0.25, -0.2) is 13.2 Å². The number of ether oxygens (including phenoxy) is 3.